The van der Waals surface area contributed by atoms with Crippen LogP contribution in [0.4, 0.5) is 5.82 Å². The van der Waals surface area contributed by atoms with E-state index < -0.39 is 0 Å². The fourth-order valence-electron chi connectivity index (χ4n) is 2.00. The van der Waals surface area contributed by atoms with Gasteiger partial charge in [-0.1, -0.05) is 19.1 Å². The van der Waals surface area contributed by atoms with Crippen LogP contribution < -0.4 is 10.6 Å². The molecule has 106 valence electrons. The quantitative estimate of drug-likeness (QED) is 0.772. The van der Waals surface area contributed by atoms with Crippen LogP contribution in [0.5, 0.6) is 0 Å². The molecule has 2 N–H and O–H groups in total. The van der Waals surface area contributed by atoms with Crippen LogP contribution in [0.25, 0.3) is 0 Å². The summed E-state index contributed by atoms with van der Waals surface area (Å²) in [5.74, 6) is 0.913. The zero-order chi connectivity index (χ0) is 14.4. The number of aryl methyl sites for hydroxylation is 1. The van der Waals surface area contributed by atoms with Crippen LogP contribution in [0.15, 0.2) is 12.3 Å². The van der Waals surface area contributed by atoms with E-state index in [9.17, 15) is 0 Å². The van der Waals surface area contributed by atoms with Crippen molar-refractivity contribution in [2.24, 2.45) is 5.73 Å². The van der Waals surface area contributed by atoms with Gasteiger partial charge in [0.1, 0.15) is 10.8 Å². The van der Waals surface area contributed by atoms with Gasteiger partial charge in [-0.05, 0) is 39.1 Å². The van der Waals surface area contributed by atoms with Gasteiger partial charge in [-0.15, -0.1) is 0 Å². The summed E-state index contributed by atoms with van der Waals surface area (Å²) >= 11 is 5.18. The molecule has 1 heterocycles. The van der Waals surface area contributed by atoms with Gasteiger partial charge in [0.05, 0.1) is 5.56 Å². The SMILES string of the molecule is CCCN(CCN(C)C)c1nccc(C)c1C(N)=S. The maximum absolute atomic E-state index is 5.86. The second-order valence-corrected chi connectivity index (χ2v) is 5.42. The van der Waals surface area contributed by atoms with E-state index >= 15 is 0 Å². The first-order valence-electron chi connectivity index (χ1n) is 6.62. The molecule has 1 aromatic heterocycles. The van der Waals surface area contributed by atoms with Crippen LogP contribution in [0, 0.1) is 6.92 Å². The number of aromatic nitrogens is 1. The zero-order valence-corrected chi connectivity index (χ0v) is 13.1. The minimum atomic E-state index is 0.423. The Hall–Kier alpha value is -1.20. The minimum absolute atomic E-state index is 0.423. The Labute approximate surface area is 121 Å². The third-order valence-corrected chi connectivity index (χ3v) is 3.20. The molecule has 5 heteroatoms. The summed E-state index contributed by atoms with van der Waals surface area (Å²) in [6, 6.07) is 1.95. The monoisotopic (exact) mass is 280 g/mol. The maximum Gasteiger partial charge on any atom is 0.139 e. The van der Waals surface area contributed by atoms with Crippen LogP contribution in [-0.4, -0.2) is 48.6 Å². The van der Waals surface area contributed by atoms with Crippen LogP contribution in [-0.2, 0) is 0 Å². The highest BCUT2D eigenvalue weighted by Crippen LogP contribution is 2.21. The minimum Gasteiger partial charge on any atom is -0.389 e. The fourth-order valence-corrected chi connectivity index (χ4v) is 2.25. The molecule has 0 bridgehead atoms. The van der Waals surface area contributed by atoms with Gasteiger partial charge in [0.2, 0.25) is 0 Å². The lowest BCUT2D eigenvalue weighted by atomic mass is 10.1. The molecule has 1 aromatic rings. The van der Waals surface area contributed by atoms with Crippen LogP contribution in [0.1, 0.15) is 24.5 Å². The molecule has 0 atom stereocenters. The number of nitrogens with two attached hydrogens (primary N) is 1. The van der Waals surface area contributed by atoms with E-state index in [2.05, 4.69) is 35.8 Å². The smallest absolute Gasteiger partial charge is 0.139 e. The summed E-state index contributed by atoms with van der Waals surface area (Å²) in [6.07, 6.45) is 2.89. The molecule has 0 aromatic carbocycles. The van der Waals surface area contributed by atoms with E-state index in [4.69, 9.17) is 18.0 Å². The molecule has 0 aliphatic carbocycles. The van der Waals surface area contributed by atoms with Crippen molar-refractivity contribution in [2.75, 3.05) is 38.6 Å². The van der Waals surface area contributed by atoms with Gasteiger partial charge in [0, 0.05) is 25.8 Å². The number of hydrogen-bond donors (Lipinski definition) is 1. The Bertz CT molecular complexity index is 431. The Balaban J connectivity index is 3.07. The molecule has 0 radical (unpaired) electrons. The summed E-state index contributed by atoms with van der Waals surface area (Å²) in [4.78, 5) is 9.35. The third kappa shape index (κ3) is 4.44. The normalized spacial score (nSPS) is 10.8. The second-order valence-electron chi connectivity index (χ2n) is 4.98. The van der Waals surface area contributed by atoms with Gasteiger partial charge in [0.25, 0.3) is 0 Å². The number of pyridine rings is 1. The number of thiocarbonyl (C=S) groups is 1. The molecular formula is C14H24N4S. The molecule has 0 amide bonds. The Morgan fingerprint density at radius 3 is 2.53 bits per heavy atom. The number of anilines is 1. The standard InChI is InChI=1S/C14H24N4S/c1-5-8-18(10-9-17(3)4)14-12(13(15)19)11(2)6-7-16-14/h6-7H,5,8-10H2,1-4H3,(H2,15,19). The largest absolute Gasteiger partial charge is 0.389 e. The van der Waals surface area contributed by atoms with E-state index in [0.717, 1.165) is 43.0 Å². The highest BCUT2D eigenvalue weighted by molar-refractivity contribution is 7.80. The summed E-state index contributed by atoms with van der Waals surface area (Å²) < 4.78 is 0. The number of hydrogen-bond acceptors (Lipinski definition) is 4. The van der Waals surface area contributed by atoms with Crippen molar-refractivity contribution in [3.63, 3.8) is 0 Å². The molecule has 0 saturated carbocycles. The summed E-state index contributed by atoms with van der Waals surface area (Å²) in [6.45, 7) is 7.05. The lowest BCUT2D eigenvalue weighted by molar-refractivity contribution is 0.412. The molecule has 0 aliphatic rings. The van der Waals surface area contributed by atoms with Crippen LogP contribution in [0.3, 0.4) is 0 Å². The van der Waals surface area contributed by atoms with E-state index in [1.54, 1.807) is 0 Å². The average Bonchev–Trinajstić information content (AvgIpc) is 2.33. The average molecular weight is 280 g/mol. The lowest BCUT2D eigenvalue weighted by Crippen LogP contribution is -2.34. The number of rotatable bonds is 7. The van der Waals surface area contributed by atoms with Crippen molar-refractivity contribution < 1.29 is 0 Å². The second kappa shape index (κ2) is 7.40. The number of nitrogens with zero attached hydrogens (tertiary/aromatic N) is 3. The van der Waals surface area contributed by atoms with Gasteiger partial charge in [0.15, 0.2) is 0 Å². The summed E-state index contributed by atoms with van der Waals surface area (Å²) in [7, 11) is 4.14. The van der Waals surface area contributed by atoms with Gasteiger partial charge < -0.3 is 15.5 Å². The predicted molar refractivity (Wildman–Crippen MR) is 85.9 cm³/mol. The van der Waals surface area contributed by atoms with E-state index in [-0.39, 0.29) is 0 Å². The highest BCUT2D eigenvalue weighted by atomic mass is 32.1. The van der Waals surface area contributed by atoms with Gasteiger partial charge in [-0.2, -0.15) is 0 Å². The van der Waals surface area contributed by atoms with Gasteiger partial charge in [-0.25, -0.2) is 4.98 Å². The van der Waals surface area contributed by atoms with E-state index in [0.29, 0.717) is 4.99 Å². The van der Waals surface area contributed by atoms with E-state index in [1.165, 1.54) is 0 Å². The Morgan fingerprint density at radius 1 is 1.32 bits per heavy atom. The first kappa shape index (κ1) is 15.9. The van der Waals surface area contributed by atoms with Crippen molar-refractivity contribution in [3.8, 4) is 0 Å². The number of likely N-dealkylation sites (N-methyl/N-ethyl adjacent to an activating group) is 1. The third-order valence-electron chi connectivity index (χ3n) is 3.00. The topological polar surface area (TPSA) is 45.4 Å². The van der Waals surface area contributed by atoms with Crippen LogP contribution in [0.2, 0.25) is 0 Å². The van der Waals surface area contributed by atoms with Crippen molar-refractivity contribution >= 4 is 23.0 Å². The van der Waals surface area contributed by atoms with Crippen molar-refractivity contribution in [1.82, 2.24) is 9.88 Å². The molecule has 0 spiro atoms. The Morgan fingerprint density at radius 2 is 2.00 bits per heavy atom. The maximum atomic E-state index is 5.86. The first-order chi connectivity index (χ1) is 8.97. The molecular weight excluding hydrogens is 256 g/mol. The lowest BCUT2D eigenvalue weighted by Gasteiger charge is -2.27. The van der Waals surface area contributed by atoms with E-state index in [1.807, 2.05) is 19.2 Å². The molecule has 0 fully saturated rings. The molecule has 4 nitrogen and oxygen atoms in total. The predicted octanol–water partition coefficient (Wildman–Crippen LogP) is 1.80. The van der Waals surface area contributed by atoms with Crippen molar-refractivity contribution in [1.29, 1.82) is 0 Å². The molecule has 0 saturated heterocycles. The van der Waals surface area contributed by atoms with Crippen LogP contribution >= 0.6 is 12.2 Å². The summed E-state index contributed by atoms with van der Waals surface area (Å²) in [5, 5.41) is 0. The molecule has 0 aliphatic heterocycles. The molecule has 0 unspecified atom stereocenters. The molecule has 19 heavy (non-hydrogen) atoms. The highest BCUT2D eigenvalue weighted by Gasteiger charge is 2.16. The Kier molecular flexibility index (Phi) is 6.18. The van der Waals surface area contributed by atoms with Crippen molar-refractivity contribution in [3.05, 3.63) is 23.4 Å². The summed E-state index contributed by atoms with van der Waals surface area (Å²) in [5.41, 5.74) is 7.85. The van der Waals surface area contributed by atoms with Gasteiger partial charge >= 0.3 is 0 Å². The van der Waals surface area contributed by atoms with Gasteiger partial charge in [-0.3, -0.25) is 0 Å². The molecule has 1 rings (SSSR count). The fraction of sp³-hybridized carbons (Fsp3) is 0.571. The first-order valence-corrected chi connectivity index (χ1v) is 7.03. The zero-order valence-electron chi connectivity index (χ0n) is 12.3. The van der Waals surface area contributed by atoms with Crippen molar-refractivity contribution in [2.45, 2.75) is 20.3 Å².